The number of rotatable bonds is 9. The van der Waals surface area contributed by atoms with E-state index in [1.165, 1.54) is 0 Å². The summed E-state index contributed by atoms with van der Waals surface area (Å²) in [7, 11) is 1.70. The molecule has 6 nitrogen and oxygen atoms in total. The number of hydrogen-bond donors (Lipinski definition) is 1. The predicted molar refractivity (Wildman–Crippen MR) is 111 cm³/mol. The number of methoxy groups -OCH3 is 1. The number of anilines is 1. The number of para-hydroxylation sites is 2. The third-order valence-corrected chi connectivity index (χ3v) is 4.84. The first-order valence-electron chi connectivity index (χ1n) is 9.83. The summed E-state index contributed by atoms with van der Waals surface area (Å²) >= 11 is 0. The Morgan fingerprint density at radius 1 is 0.929 bits per heavy atom. The molecule has 0 bridgehead atoms. The maximum Gasteiger partial charge on any atom is 0.142 e. The van der Waals surface area contributed by atoms with Crippen LogP contribution in [0.25, 0.3) is 0 Å². The lowest BCUT2D eigenvalue weighted by Gasteiger charge is -2.37. The lowest BCUT2D eigenvalue weighted by Crippen LogP contribution is -2.49. The van der Waals surface area contributed by atoms with Gasteiger partial charge in [0.15, 0.2) is 0 Å². The normalized spacial score (nSPS) is 15.9. The van der Waals surface area contributed by atoms with Crippen molar-refractivity contribution in [2.24, 2.45) is 0 Å². The number of hydrogen-bond acceptors (Lipinski definition) is 6. The van der Waals surface area contributed by atoms with Gasteiger partial charge < -0.3 is 24.2 Å². The van der Waals surface area contributed by atoms with Crippen LogP contribution in [0, 0.1) is 0 Å². The Morgan fingerprint density at radius 3 is 2.21 bits per heavy atom. The molecule has 1 aliphatic heterocycles. The summed E-state index contributed by atoms with van der Waals surface area (Å²) in [6.07, 6.45) is -0.524. The molecule has 3 rings (SSSR count). The molecule has 0 aliphatic carbocycles. The van der Waals surface area contributed by atoms with E-state index < -0.39 is 6.10 Å². The molecular formula is C22H30N2O4. The molecule has 28 heavy (non-hydrogen) atoms. The highest BCUT2D eigenvalue weighted by Crippen LogP contribution is 2.28. The van der Waals surface area contributed by atoms with Gasteiger partial charge in [-0.3, -0.25) is 4.90 Å². The zero-order valence-electron chi connectivity index (χ0n) is 16.7. The van der Waals surface area contributed by atoms with Crippen LogP contribution in [0.5, 0.6) is 17.2 Å². The second kappa shape index (κ2) is 10.2. The number of aliphatic hydroxyl groups is 1. The van der Waals surface area contributed by atoms with Crippen molar-refractivity contribution in [1.29, 1.82) is 0 Å². The Balaban J connectivity index is 1.41. The first-order chi connectivity index (χ1) is 13.7. The number of aliphatic hydroxyl groups excluding tert-OH is 1. The Bertz CT molecular complexity index is 715. The molecule has 1 unspecified atom stereocenters. The van der Waals surface area contributed by atoms with Crippen molar-refractivity contribution < 1.29 is 19.3 Å². The van der Waals surface area contributed by atoms with E-state index in [0.29, 0.717) is 13.2 Å². The fourth-order valence-electron chi connectivity index (χ4n) is 3.40. The molecule has 1 aliphatic rings. The molecule has 6 heteroatoms. The molecule has 0 radical (unpaired) electrons. The number of ether oxygens (including phenoxy) is 3. The van der Waals surface area contributed by atoms with Gasteiger partial charge in [-0.05, 0) is 43.3 Å². The third kappa shape index (κ3) is 5.53. The van der Waals surface area contributed by atoms with E-state index in [4.69, 9.17) is 14.2 Å². The number of β-amino-alcohol motifs (C(OH)–C–C–N with tert-alkyl or cyclic N) is 1. The fourth-order valence-corrected chi connectivity index (χ4v) is 3.40. The van der Waals surface area contributed by atoms with Gasteiger partial charge in [0.25, 0.3) is 0 Å². The van der Waals surface area contributed by atoms with Gasteiger partial charge in [0.2, 0.25) is 0 Å². The maximum atomic E-state index is 10.3. The van der Waals surface area contributed by atoms with Gasteiger partial charge in [-0.15, -0.1) is 0 Å². The highest BCUT2D eigenvalue weighted by Gasteiger charge is 2.21. The zero-order chi connectivity index (χ0) is 19.8. The maximum absolute atomic E-state index is 10.3. The van der Waals surface area contributed by atoms with Crippen LogP contribution in [-0.2, 0) is 0 Å². The second-order valence-corrected chi connectivity index (χ2v) is 6.83. The third-order valence-electron chi connectivity index (χ3n) is 4.84. The van der Waals surface area contributed by atoms with Crippen LogP contribution >= 0.6 is 0 Å². The lowest BCUT2D eigenvalue weighted by atomic mass is 10.2. The van der Waals surface area contributed by atoms with E-state index in [-0.39, 0.29) is 6.61 Å². The molecule has 1 heterocycles. The molecule has 1 atom stereocenters. The average Bonchev–Trinajstić information content (AvgIpc) is 2.74. The molecule has 1 N–H and O–H groups in total. The highest BCUT2D eigenvalue weighted by molar-refractivity contribution is 5.58. The zero-order valence-corrected chi connectivity index (χ0v) is 16.7. The Kier molecular flexibility index (Phi) is 7.39. The van der Waals surface area contributed by atoms with E-state index in [2.05, 4.69) is 15.9 Å². The van der Waals surface area contributed by atoms with Gasteiger partial charge in [0, 0.05) is 32.7 Å². The summed E-state index contributed by atoms with van der Waals surface area (Å²) in [5.41, 5.74) is 1.13. The summed E-state index contributed by atoms with van der Waals surface area (Å²) < 4.78 is 16.6. The largest absolute Gasteiger partial charge is 0.495 e. The second-order valence-electron chi connectivity index (χ2n) is 6.83. The minimum atomic E-state index is -0.524. The van der Waals surface area contributed by atoms with Crippen molar-refractivity contribution in [3.05, 3.63) is 48.5 Å². The summed E-state index contributed by atoms with van der Waals surface area (Å²) in [5, 5.41) is 10.3. The molecule has 1 fully saturated rings. The van der Waals surface area contributed by atoms with Crippen LogP contribution in [0.1, 0.15) is 6.92 Å². The highest BCUT2D eigenvalue weighted by atomic mass is 16.5. The average molecular weight is 386 g/mol. The first kappa shape index (κ1) is 20.3. The van der Waals surface area contributed by atoms with E-state index in [0.717, 1.165) is 49.1 Å². The summed E-state index contributed by atoms with van der Waals surface area (Å²) in [4.78, 5) is 4.61. The summed E-state index contributed by atoms with van der Waals surface area (Å²) in [6, 6.07) is 15.6. The standard InChI is InChI=1S/C22H30N2O4/c1-3-27-19-8-10-20(11-9-19)28-17-18(25)16-23-12-14-24(15-13-23)21-6-4-5-7-22(21)26-2/h4-11,18,25H,3,12-17H2,1-2H3. The van der Waals surface area contributed by atoms with Gasteiger partial charge in [-0.1, -0.05) is 12.1 Å². The Morgan fingerprint density at radius 2 is 1.57 bits per heavy atom. The molecule has 0 aromatic heterocycles. The smallest absolute Gasteiger partial charge is 0.142 e. The minimum absolute atomic E-state index is 0.278. The Labute approximate surface area is 167 Å². The van der Waals surface area contributed by atoms with E-state index in [1.807, 2.05) is 49.4 Å². The van der Waals surface area contributed by atoms with Crippen molar-refractivity contribution in [1.82, 2.24) is 4.90 Å². The summed E-state index contributed by atoms with van der Waals surface area (Å²) in [5.74, 6) is 2.46. The molecular weight excluding hydrogens is 356 g/mol. The van der Waals surface area contributed by atoms with E-state index >= 15 is 0 Å². The fraction of sp³-hybridized carbons (Fsp3) is 0.455. The van der Waals surface area contributed by atoms with Crippen molar-refractivity contribution in [2.75, 3.05) is 57.9 Å². The van der Waals surface area contributed by atoms with Gasteiger partial charge in [0.05, 0.1) is 19.4 Å². The number of piperazine rings is 1. The van der Waals surface area contributed by atoms with E-state index in [1.54, 1.807) is 7.11 Å². The van der Waals surface area contributed by atoms with Crippen molar-refractivity contribution in [3.63, 3.8) is 0 Å². The van der Waals surface area contributed by atoms with Crippen molar-refractivity contribution in [3.8, 4) is 17.2 Å². The molecule has 0 saturated carbocycles. The van der Waals surface area contributed by atoms with Crippen LogP contribution in [0.2, 0.25) is 0 Å². The van der Waals surface area contributed by atoms with Gasteiger partial charge >= 0.3 is 0 Å². The lowest BCUT2D eigenvalue weighted by molar-refractivity contribution is 0.0662. The molecule has 2 aromatic rings. The molecule has 1 saturated heterocycles. The van der Waals surface area contributed by atoms with Crippen LogP contribution in [0.3, 0.4) is 0 Å². The van der Waals surface area contributed by atoms with Crippen molar-refractivity contribution >= 4 is 5.69 Å². The van der Waals surface area contributed by atoms with E-state index in [9.17, 15) is 5.11 Å². The molecule has 0 amide bonds. The quantitative estimate of drug-likeness (QED) is 0.715. The minimum Gasteiger partial charge on any atom is -0.495 e. The monoisotopic (exact) mass is 386 g/mol. The molecule has 0 spiro atoms. The SMILES string of the molecule is CCOc1ccc(OCC(O)CN2CCN(c3ccccc3OC)CC2)cc1. The first-order valence-corrected chi connectivity index (χ1v) is 9.83. The number of nitrogens with zero attached hydrogens (tertiary/aromatic N) is 2. The van der Waals surface area contributed by atoms with Crippen LogP contribution < -0.4 is 19.1 Å². The Hall–Kier alpha value is -2.44. The summed E-state index contributed by atoms with van der Waals surface area (Å²) in [6.45, 7) is 7.10. The van der Waals surface area contributed by atoms with Crippen LogP contribution in [0.4, 0.5) is 5.69 Å². The molecule has 152 valence electrons. The predicted octanol–water partition coefficient (Wildman–Crippen LogP) is 2.66. The number of benzene rings is 2. The van der Waals surface area contributed by atoms with Gasteiger partial charge in [-0.25, -0.2) is 0 Å². The van der Waals surface area contributed by atoms with Gasteiger partial charge in [-0.2, -0.15) is 0 Å². The molecule has 2 aromatic carbocycles. The van der Waals surface area contributed by atoms with Crippen LogP contribution in [-0.4, -0.2) is 69.2 Å². The van der Waals surface area contributed by atoms with Crippen LogP contribution in [0.15, 0.2) is 48.5 Å². The topological polar surface area (TPSA) is 54.4 Å². The van der Waals surface area contributed by atoms with Gasteiger partial charge in [0.1, 0.15) is 30.0 Å². The van der Waals surface area contributed by atoms with Crippen molar-refractivity contribution in [2.45, 2.75) is 13.0 Å².